The van der Waals surface area contributed by atoms with Crippen LogP contribution in [0.25, 0.3) is 0 Å². The van der Waals surface area contributed by atoms with Gasteiger partial charge in [0.1, 0.15) is 5.82 Å². The van der Waals surface area contributed by atoms with Gasteiger partial charge < -0.3 is 5.41 Å². The third-order valence-corrected chi connectivity index (χ3v) is 1.68. The summed E-state index contributed by atoms with van der Waals surface area (Å²) in [5.41, 5.74) is 1.60. The molecule has 0 heterocycles. The Morgan fingerprint density at radius 2 is 2.00 bits per heavy atom. The van der Waals surface area contributed by atoms with Gasteiger partial charge in [-0.2, -0.15) is 0 Å². The van der Waals surface area contributed by atoms with E-state index < -0.39 is 0 Å². The molecule has 1 N–H and O–H groups in total. The van der Waals surface area contributed by atoms with Crippen molar-refractivity contribution in [2.75, 3.05) is 0 Å². The SMILES string of the molecule is CC.CC(=N)CCc1cccc(F)c1. The third kappa shape index (κ3) is 5.46. The lowest BCUT2D eigenvalue weighted by Gasteiger charge is -1.99. The molecule has 0 fully saturated rings. The van der Waals surface area contributed by atoms with Crippen LogP contribution in [0.1, 0.15) is 32.8 Å². The summed E-state index contributed by atoms with van der Waals surface area (Å²) in [5, 5.41) is 7.20. The molecule has 0 unspecified atom stereocenters. The van der Waals surface area contributed by atoms with E-state index >= 15 is 0 Å². The molecule has 0 spiro atoms. The highest BCUT2D eigenvalue weighted by Crippen LogP contribution is 2.06. The molecular formula is C12H18FN. The van der Waals surface area contributed by atoms with Crippen molar-refractivity contribution in [1.82, 2.24) is 0 Å². The topological polar surface area (TPSA) is 23.9 Å². The van der Waals surface area contributed by atoms with Gasteiger partial charge in [-0.25, -0.2) is 4.39 Å². The minimum atomic E-state index is -0.199. The molecule has 0 saturated heterocycles. The van der Waals surface area contributed by atoms with E-state index in [1.165, 1.54) is 12.1 Å². The minimum Gasteiger partial charge on any atom is -0.310 e. The Labute approximate surface area is 85.5 Å². The van der Waals surface area contributed by atoms with Crippen LogP contribution >= 0.6 is 0 Å². The first-order chi connectivity index (χ1) is 6.68. The standard InChI is InChI=1S/C10H12FN.C2H6/c1-8(12)5-6-9-3-2-4-10(11)7-9;1-2/h2-4,7,12H,5-6H2,1H3;1-2H3. The highest BCUT2D eigenvalue weighted by atomic mass is 19.1. The fraction of sp³-hybridized carbons (Fsp3) is 0.417. The van der Waals surface area contributed by atoms with Crippen LogP contribution in [-0.4, -0.2) is 5.71 Å². The zero-order valence-corrected chi connectivity index (χ0v) is 9.10. The molecule has 0 aliphatic carbocycles. The van der Waals surface area contributed by atoms with Crippen molar-refractivity contribution < 1.29 is 4.39 Å². The molecule has 1 aromatic carbocycles. The highest BCUT2D eigenvalue weighted by molar-refractivity contribution is 5.78. The number of hydrogen-bond donors (Lipinski definition) is 1. The van der Waals surface area contributed by atoms with Crippen molar-refractivity contribution >= 4 is 5.71 Å². The number of rotatable bonds is 3. The predicted molar refractivity (Wildman–Crippen MR) is 59.5 cm³/mol. The predicted octanol–water partition coefficient (Wildman–Crippen LogP) is 3.82. The zero-order chi connectivity index (χ0) is 11.0. The van der Waals surface area contributed by atoms with Gasteiger partial charge in [0.15, 0.2) is 0 Å². The maximum absolute atomic E-state index is 12.6. The van der Waals surface area contributed by atoms with Gasteiger partial charge in [0.25, 0.3) is 0 Å². The maximum Gasteiger partial charge on any atom is 0.123 e. The van der Waals surface area contributed by atoms with Gasteiger partial charge >= 0.3 is 0 Å². The Hall–Kier alpha value is -1.18. The Bertz CT molecular complexity index is 281. The van der Waals surface area contributed by atoms with Gasteiger partial charge in [0.05, 0.1) is 0 Å². The number of benzene rings is 1. The third-order valence-electron chi connectivity index (χ3n) is 1.68. The van der Waals surface area contributed by atoms with E-state index in [9.17, 15) is 4.39 Å². The molecule has 0 amide bonds. The molecule has 2 heteroatoms. The van der Waals surface area contributed by atoms with Crippen LogP contribution in [0, 0.1) is 11.2 Å². The molecule has 0 aliphatic rings. The molecule has 1 rings (SSSR count). The Balaban J connectivity index is 0.000000791. The van der Waals surface area contributed by atoms with Crippen LogP contribution in [0.4, 0.5) is 4.39 Å². The Morgan fingerprint density at radius 3 is 2.50 bits per heavy atom. The van der Waals surface area contributed by atoms with E-state index in [0.717, 1.165) is 12.0 Å². The van der Waals surface area contributed by atoms with E-state index in [-0.39, 0.29) is 5.82 Å². The lowest BCUT2D eigenvalue weighted by molar-refractivity contribution is 0.625. The van der Waals surface area contributed by atoms with Gasteiger partial charge in [0, 0.05) is 5.71 Å². The van der Waals surface area contributed by atoms with Crippen molar-refractivity contribution in [3.63, 3.8) is 0 Å². The van der Waals surface area contributed by atoms with Gasteiger partial charge in [-0.15, -0.1) is 0 Å². The molecule has 1 nitrogen and oxygen atoms in total. The molecular weight excluding hydrogens is 177 g/mol. The van der Waals surface area contributed by atoms with Crippen LogP contribution < -0.4 is 0 Å². The Kier molecular flexibility index (Phi) is 6.63. The van der Waals surface area contributed by atoms with Gasteiger partial charge in [-0.1, -0.05) is 26.0 Å². The molecule has 0 aliphatic heterocycles. The smallest absolute Gasteiger partial charge is 0.123 e. The molecule has 0 aromatic heterocycles. The number of nitrogens with one attached hydrogen (secondary N) is 1. The molecule has 14 heavy (non-hydrogen) atoms. The molecule has 0 bridgehead atoms. The van der Waals surface area contributed by atoms with Crippen LogP contribution in [-0.2, 0) is 6.42 Å². The first-order valence-electron chi connectivity index (χ1n) is 4.97. The zero-order valence-electron chi connectivity index (χ0n) is 9.10. The average Bonchev–Trinajstić information content (AvgIpc) is 2.18. The summed E-state index contributed by atoms with van der Waals surface area (Å²) in [7, 11) is 0. The van der Waals surface area contributed by atoms with Crippen LogP contribution in [0.15, 0.2) is 24.3 Å². The van der Waals surface area contributed by atoms with E-state index in [0.29, 0.717) is 12.1 Å². The summed E-state index contributed by atoms with van der Waals surface area (Å²) < 4.78 is 12.6. The summed E-state index contributed by atoms with van der Waals surface area (Å²) in [6.45, 7) is 5.76. The maximum atomic E-state index is 12.6. The van der Waals surface area contributed by atoms with Crippen molar-refractivity contribution in [2.45, 2.75) is 33.6 Å². The van der Waals surface area contributed by atoms with Crippen molar-refractivity contribution in [2.24, 2.45) is 0 Å². The van der Waals surface area contributed by atoms with Crippen molar-refractivity contribution in [3.05, 3.63) is 35.6 Å². The van der Waals surface area contributed by atoms with E-state index in [4.69, 9.17) is 5.41 Å². The first-order valence-corrected chi connectivity index (χ1v) is 4.97. The quantitative estimate of drug-likeness (QED) is 0.709. The summed E-state index contributed by atoms with van der Waals surface area (Å²) in [6.07, 6.45) is 1.47. The summed E-state index contributed by atoms with van der Waals surface area (Å²) in [6, 6.07) is 6.53. The van der Waals surface area contributed by atoms with Gasteiger partial charge in [0.2, 0.25) is 0 Å². The summed E-state index contributed by atoms with van der Waals surface area (Å²) in [4.78, 5) is 0. The minimum absolute atomic E-state index is 0.199. The second-order valence-corrected chi connectivity index (χ2v) is 2.91. The van der Waals surface area contributed by atoms with Crippen LogP contribution in [0.3, 0.4) is 0 Å². The van der Waals surface area contributed by atoms with Crippen LogP contribution in [0.2, 0.25) is 0 Å². The molecule has 78 valence electrons. The largest absolute Gasteiger partial charge is 0.310 e. The summed E-state index contributed by atoms with van der Waals surface area (Å²) in [5.74, 6) is -0.199. The monoisotopic (exact) mass is 195 g/mol. The van der Waals surface area contributed by atoms with Gasteiger partial charge in [-0.05, 0) is 37.5 Å². The average molecular weight is 195 g/mol. The molecule has 0 atom stereocenters. The van der Waals surface area contributed by atoms with E-state index in [2.05, 4.69) is 0 Å². The second-order valence-electron chi connectivity index (χ2n) is 2.91. The second kappa shape index (κ2) is 7.25. The molecule has 1 aromatic rings. The number of hydrogen-bond acceptors (Lipinski definition) is 1. The number of halogens is 1. The fourth-order valence-electron chi connectivity index (χ4n) is 1.02. The van der Waals surface area contributed by atoms with Crippen molar-refractivity contribution in [3.8, 4) is 0 Å². The lowest BCUT2D eigenvalue weighted by Crippen LogP contribution is -1.93. The van der Waals surface area contributed by atoms with E-state index in [1.807, 2.05) is 19.9 Å². The highest BCUT2D eigenvalue weighted by Gasteiger charge is 1.95. The Morgan fingerprint density at radius 1 is 1.36 bits per heavy atom. The molecule has 0 radical (unpaired) electrons. The van der Waals surface area contributed by atoms with Crippen molar-refractivity contribution in [1.29, 1.82) is 5.41 Å². The van der Waals surface area contributed by atoms with E-state index in [1.54, 1.807) is 13.0 Å². The lowest BCUT2D eigenvalue weighted by atomic mass is 10.1. The normalized spacial score (nSPS) is 8.86. The summed E-state index contributed by atoms with van der Waals surface area (Å²) >= 11 is 0. The fourth-order valence-corrected chi connectivity index (χ4v) is 1.02. The first kappa shape index (κ1) is 12.8. The van der Waals surface area contributed by atoms with Gasteiger partial charge in [-0.3, -0.25) is 0 Å². The van der Waals surface area contributed by atoms with Crippen LogP contribution in [0.5, 0.6) is 0 Å². The number of aryl methyl sites for hydroxylation is 1. The molecule has 0 saturated carbocycles.